The van der Waals surface area contributed by atoms with Crippen molar-refractivity contribution in [2.75, 3.05) is 0 Å². The molecule has 1 aliphatic carbocycles. The maximum absolute atomic E-state index is 12.4. The number of rotatable bonds is 5. The maximum Gasteiger partial charge on any atom is 0.333 e. The highest BCUT2D eigenvalue weighted by Gasteiger charge is 2.18. The van der Waals surface area contributed by atoms with E-state index < -0.39 is 5.92 Å². The minimum atomic E-state index is -0.436. The smallest absolute Gasteiger partial charge is 0.333 e. The normalized spacial score (nSPS) is 15.3. The van der Waals surface area contributed by atoms with Crippen LogP contribution in [0.4, 0.5) is 4.79 Å². The first-order valence-corrected chi connectivity index (χ1v) is 9.81. The number of benzene rings is 2. The van der Waals surface area contributed by atoms with Gasteiger partial charge in [0.2, 0.25) is 5.91 Å². The molecule has 2 aromatic carbocycles. The standard InChI is InChI=1S/C22H27N3O3/c1-16(21(26)24-25-22(27)23-18-10-4-2-5-11-18)17-9-8-14-20(15-17)28-19-12-6-3-7-13-19/h3,6-9,12-16,18H,2,4-5,10-11H2,1H3,(H,24,26)(H2,23,25,27). The number of urea groups is 1. The van der Waals surface area contributed by atoms with Gasteiger partial charge in [0.15, 0.2) is 0 Å². The number of para-hydroxylation sites is 1. The summed E-state index contributed by atoms with van der Waals surface area (Å²) in [6.07, 6.45) is 5.48. The third-order valence-electron chi connectivity index (χ3n) is 4.97. The summed E-state index contributed by atoms with van der Waals surface area (Å²) in [4.78, 5) is 24.4. The van der Waals surface area contributed by atoms with E-state index >= 15 is 0 Å². The van der Waals surface area contributed by atoms with Gasteiger partial charge in [-0.15, -0.1) is 0 Å². The minimum Gasteiger partial charge on any atom is -0.457 e. The number of carbonyl (C=O) groups is 2. The summed E-state index contributed by atoms with van der Waals surface area (Å²) in [6, 6.07) is 16.7. The fourth-order valence-corrected chi connectivity index (χ4v) is 3.32. The van der Waals surface area contributed by atoms with Crippen molar-refractivity contribution in [1.82, 2.24) is 16.2 Å². The van der Waals surface area contributed by atoms with Crippen LogP contribution in [-0.2, 0) is 4.79 Å². The van der Waals surface area contributed by atoms with E-state index in [1.807, 2.05) is 54.6 Å². The second kappa shape index (κ2) is 9.78. The summed E-state index contributed by atoms with van der Waals surface area (Å²) >= 11 is 0. The average Bonchev–Trinajstić information content (AvgIpc) is 2.73. The topological polar surface area (TPSA) is 79.5 Å². The molecule has 0 bridgehead atoms. The van der Waals surface area contributed by atoms with Crippen LogP contribution in [0.2, 0.25) is 0 Å². The van der Waals surface area contributed by atoms with E-state index in [0.29, 0.717) is 5.75 Å². The highest BCUT2D eigenvalue weighted by atomic mass is 16.5. The summed E-state index contributed by atoms with van der Waals surface area (Å²) in [5.74, 6) is 0.675. The summed E-state index contributed by atoms with van der Waals surface area (Å²) in [7, 11) is 0. The molecule has 6 nitrogen and oxygen atoms in total. The number of carbonyl (C=O) groups excluding carboxylic acids is 2. The predicted octanol–water partition coefficient (Wildman–Crippen LogP) is 4.25. The molecule has 1 unspecified atom stereocenters. The quantitative estimate of drug-likeness (QED) is 0.678. The van der Waals surface area contributed by atoms with Crippen molar-refractivity contribution in [3.05, 3.63) is 60.2 Å². The Bertz CT molecular complexity index is 789. The van der Waals surface area contributed by atoms with Crippen LogP contribution in [0.1, 0.15) is 50.5 Å². The molecule has 1 fully saturated rings. The number of hydrogen-bond donors (Lipinski definition) is 3. The lowest BCUT2D eigenvalue weighted by atomic mass is 9.96. The van der Waals surface area contributed by atoms with E-state index in [1.54, 1.807) is 6.92 Å². The van der Waals surface area contributed by atoms with E-state index in [2.05, 4.69) is 16.2 Å². The molecule has 0 spiro atoms. The van der Waals surface area contributed by atoms with Crippen molar-refractivity contribution in [2.24, 2.45) is 0 Å². The van der Waals surface area contributed by atoms with Crippen LogP contribution >= 0.6 is 0 Å². The first-order chi connectivity index (χ1) is 13.6. The molecule has 0 saturated heterocycles. The van der Waals surface area contributed by atoms with Crippen LogP contribution in [0, 0.1) is 0 Å². The number of hydrazine groups is 1. The molecule has 28 heavy (non-hydrogen) atoms. The van der Waals surface area contributed by atoms with Gasteiger partial charge >= 0.3 is 6.03 Å². The van der Waals surface area contributed by atoms with Crippen LogP contribution < -0.4 is 20.9 Å². The van der Waals surface area contributed by atoms with Gasteiger partial charge in [-0.3, -0.25) is 10.2 Å². The SMILES string of the molecule is CC(C(=O)NNC(=O)NC1CCCCC1)c1cccc(Oc2ccccc2)c1. The average molecular weight is 381 g/mol. The molecule has 0 aromatic heterocycles. The van der Waals surface area contributed by atoms with Gasteiger partial charge in [-0.05, 0) is 49.6 Å². The van der Waals surface area contributed by atoms with E-state index in [9.17, 15) is 9.59 Å². The number of hydrogen-bond acceptors (Lipinski definition) is 3. The van der Waals surface area contributed by atoms with E-state index in [-0.39, 0.29) is 18.0 Å². The van der Waals surface area contributed by atoms with Gasteiger partial charge in [-0.25, -0.2) is 10.2 Å². The number of amides is 3. The number of nitrogens with one attached hydrogen (secondary N) is 3. The second-order valence-electron chi connectivity index (χ2n) is 7.13. The van der Waals surface area contributed by atoms with Gasteiger partial charge in [0, 0.05) is 6.04 Å². The third kappa shape index (κ3) is 5.74. The van der Waals surface area contributed by atoms with Crippen molar-refractivity contribution in [2.45, 2.75) is 51.0 Å². The molecule has 1 saturated carbocycles. The van der Waals surface area contributed by atoms with Gasteiger partial charge in [-0.1, -0.05) is 49.6 Å². The van der Waals surface area contributed by atoms with Gasteiger partial charge in [0.05, 0.1) is 5.92 Å². The molecule has 2 aromatic rings. The van der Waals surface area contributed by atoms with Crippen LogP contribution in [0.5, 0.6) is 11.5 Å². The van der Waals surface area contributed by atoms with Crippen LogP contribution in [-0.4, -0.2) is 18.0 Å². The molecule has 148 valence electrons. The zero-order valence-corrected chi connectivity index (χ0v) is 16.1. The summed E-state index contributed by atoms with van der Waals surface area (Å²) in [6.45, 7) is 1.79. The highest BCUT2D eigenvalue weighted by Crippen LogP contribution is 2.25. The lowest BCUT2D eigenvalue weighted by Gasteiger charge is -2.23. The maximum atomic E-state index is 12.4. The lowest BCUT2D eigenvalue weighted by molar-refractivity contribution is -0.122. The highest BCUT2D eigenvalue weighted by molar-refractivity contribution is 5.85. The van der Waals surface area contributed by atoms with Gasteiger partial charge < -0.3 is 10.1 Å². The molecule has 0 radical (unpaired) electrons. The summed E-state index contributed by atoms with van der Waals surface area (Å²) in [5, 5.41) is 2.90. The largest absolute Gasteiger partial charge is 0.457 e. The van der Waals surface area contributed by atoms with Crippen molar-refractivity contribution in [3.8, 4) is 11.5 Å². The van der Waals surface area contributed by atoms with Crippen molar-refractivity contribution >= 4 is 11.9 Å². The minimum absolute atomic E-state index is 0.190. The molecule has 1 atom stereocenters. The zero-order valence-electron chi connectivity index (χ0n) is 16.1. The Labute approximate surface area is 165 Å². The Hall–Kier alpha value is -3.02. The molecule has 6 heteroatoms. The van der Waals surface area contributed by atoms with E-state index in [0.717, 1.165) is 37.0 Å². The second-order valence-corrected chi connectivity index (χ2v) is 7.13. The fourth-order valence-electron chi connectivity index (χ4n) is 3.32. The first kappa shape index (κ1) is 19.7. The Kier molecular flexibility index (Phi) is 6.89. The number of ether oxygens (including phenoxy) is 1. The lowest BCUT2D eigenvalue weighted by Crippen LogP contribution is -2.51. The molecule has 0 aliphatic heterocycles. The molecule has 0 heterocycles. The molecular formula is C22H27N3O3. The first-order valence-electron chi connectivity index (χ1n) is 9.81. The van der Waals surface area contributed by atoms with Crippen LogP contribution in [0.25, 0.3) is 0 Å². The summed E-state index contributed by atoms with van der Waals surface area (Å²) in [5.41, 5.74) is 5.76. The van der Waals surface area contributed by atoms with Gasteiger partial charge in [0.25, 0.3) is 0 Å². The Morgan fingerprint density at radius 2 is 1.64 bits per heavy atom. The summed E-state index contributed by atoms with van der Waals surface area (Å²) < 4.78 is 5.82. The van der Waals surface area contributed by atoms with Crippen molar-refractivity contribution in [1.29, 1.82) is 0 Å². The molecule has 3 rings (SSSR count). The monoisotopic (exact) mass is 381 g/mol. The van der Waals surface area contributed by atoms with Gasteiger partial charge in [0.1, 0.15) is 11.5 Å². The van der Waals surface area contributed by atoms with E-state index in [4.69, 9.17) is 4.74 Å². The Morgan fingerprint density at radius 1 is 0.929 bits per heavy atom. The van der Waals surface area contributed by atoms with Crippen molar-refractivity contribution in [3.63, 3.8) is 0 Å². The molecule has 1 aliphatic rings. The van der Waals surface area contributed by atoms with Crippen LogP contribution in [0.3, 0.4) is 0 Å². The van der Waals surface area contributed by atoms with Crippen LogP contribution in [0.15, 0.2) is 54.6 Å². The van der Waals surface area contributed by atoms with Gasteiger partial charge in [-0.2, -0.15) is 0 Å². The molecular weight excluding hydrogens is 354 g/mol. The van der Waals surface area contributed by atoms with E-state index in [1.165, 1.54) is 6.42 Å². The molecule has 3 N–H and O–H groups in total. The fraction of sp³-hybridized carbons (Fsp3) is 0.364. The molecule has 3 amide bonds. The predicted molar refractivity (Wildman–Crippen MR) is 108 cm³/mol. The van der Waals surface area contributed by atoms with Crippen molar-refractivity contribution < 1.29 is 14.3 Å². The Morgan fingerprint density at radius 3 is 2.39 bits per heavy atom. The zero-order chi connectivity index (χ0) is 19.8. The third-order valence-corrected chi connectivity index (χ3v) is 4.97. The Balaban J connectivity index is 1.51.